The van der Waals surface area contributed by atoms with Gasteiger partial charge in [-0.2, -0.15) is 0 Å². The topological polar surface area (TPSA) is 47.6 Å². The van der Waals surface area contributed by atoms with Crippen LogP contribution in [0.2, 0.25) is 0 Å². The standard InChI is InChI=1S/C14H19NO3/c1-10(16)15-6-5-11-7-12-8-13(17-2)3-4-14(12)18-9-11/h3-4,8,11H,5-7,9H2,1-2H3,(H,15,16)/t11-/m1/s1. The zero-order chi connectivity index (χ0) is 13.0. The molecule has 1 N–H and O–H groups in total. The third kappa shape index (κ3) is 3.15. The minimum Gasteiger partial charge on any atom is -0.497 e. The van der Waals surface area contributed by atoms with Crippen molar-refractivity contribution in [1.29, 1.82) is 0 Å². The highest BCUT2D eigenvalue weighted by Crippen LogP contribution is 2.31. The summed E-state index contributed by atoms with van der Waals surface area (Å²) in [6.45, 7) is 2.97. The molecule has 1 aliphatic rings. The monoisotopic (exact) mass is 249 g/mol. The van der Waals surface area contributed by atoms with Crippen molar-refractivity contribution < 1.29 is 14.3 Å². The molecule has 1 heterocycles. The van der Waals surface area contributed by atoms with Crippen molar-refractivity contribution in [1.82, 2.24) is 5.32 Å². The zero-order valence-electron chi connectivity index (χ0n) is 10.9. The quantitative estimate of drug-likeness (QED) is 0.884. The molecule has 0 radical (unpaired) electrons. The minimum absolute atomic E-state index is 0.0220. The molecule has 98 valence electrons. The molecule has 4 nitrogen and oxygen atoms in total. The second-order valence-corrected chi connectivity index (χ2v) is 4.63. The van der Waals surface area contributed by atoms with Gasteiger partial charge in [-0.15, -0.1) is 0 Å². The van der Waals surface area contributed by atoms with Crippen LogP contribution in [-0.4, -0.2) is 26.2 Å². The molecule has 0 saturated carbocycles. The van der Waals surface area contributed by atoms with E-state index in [0.717, 1.165) is 30.9 Å². The van der Waals surface area contributed by atoms with Gasteiger partial charge in [0.2, 0.25) is 5.91 Å². The molecule has 2 rings (SSSR count). The summed E-state index contributed by atoms with van der Waals surface area (Å²) in [5.74, 6) is 2.29. The van der Waals surface area contributed by atoms with Crippen LogP contribution in [0.5, 0.6) is 11.5 Å². The first-order valence-corrected chi connectivity index (χ1v) is 6.23. The van der Waals surface area contributed by atoms with Gasteiger partial charge in [-0.05, 0) is 42.5 Å². The maximum atomic E-state index is 10.8. The Labute approximate surface area is 107 Å². The molecule has 1 aromatic rings. The number of methoxy groups -OCH3 is 1. The minimum atomic E-state index is 0.0220. The van der Waals surface area contributed by atoms with Crippen molar-refractivity contribution in [3.63, 3.8) is 0 Å². The van der Waals surface area contributed by atoms with E-state index in [2.05, 4.69) is 5.32 Å². The van der Waals surface area contributed by atoms with Crippen molar-refractivity contribution in [3.05, 3.63) is 23.8 Å². The number of benzene rings is 1. The molecule has 1 atom stereocenters. The normalized spacial score (nSPS) is 17.6. The molecule has 4 heteroatoms. The van der Waals surface area contributed by atoms with E-state index in [1.165, 1.54) is 12.5 Å². The Morgan fingerprint density at radius 3 is 3.11 bits per heavy atom. The van der Waals surface area contributed by atoms with Gasteiger partial charge >= 0.3 is 0 Å². The number of amides is 1. The highest BCUT2D eigenvalue weighted by molar-refractivity contribution is 5.72. The molecule has 0 aromatic heterocycles. The lowest BCUT2D eigenvalue weighted by molar-refractivity contribution is -0.119. The highest BCUT2D eigenvalue weighted by atomic mass is 16.5. The van der Waals surface area contributed by atoms with Crippen LogP contribution in [-0.2, 0) is 11.2 Å². The number of rotatable bonds is 4. The molecule has 0 unspecified atom stereocenters. The molecule has 1 aromatic carbocycles. The molecule has 0 bridgehead atoms. The van der Waals surface area contributed by atoms with E-state index in [9.17, 15) is 4.79 Å². The fourth-order valence-electron chi connectivity index (χ4n) is 2.20. The van der Waals surface area contributed by atoms with E-state index in [1.54, 1.807) is 7.11 Å². The first kappa shape index (κ1) is 12.7. The number of hydrogen-bond acceptors (Lipinski definition) is 3. The second kappa shape index (κ2) is 5.76. The summed E-state index contributed by atoms with van der Waals surface area (Å²) in [5.41, 5.74) is 1.19. The van der Waals surface area contributed by atoms with E-state index >= 15 is 0 Å². The van der Waals surface area contributed by atoms with Crippen LogP contribution in [0.15, 0.2) is 18.2 Å². The lowest BCUT2D eigenvalue weighted by atomic mass is 9.94. The van der Waals surface area contributed by atoms with Gasteiger partial charge in [0.05, 0.1) is 13.7 Å². The average molecular weight is 249 g/mol. The van der Waals surface area contributed by atoms with E-state index in [-0.39, 0.29) is 5.91 Å². The number of nitrogens with one attached hydrogen (secondary N) is 1. The Hall–Kier alpha value is -1.71. The van der Waals surface area contributed by atoms with E-state index < -0.39 is 0 Å². The number of ether oxygens (including phenoxy) is 2. The smallest absolute Gasteiger partial charge is 0.216 e. The van der Waals surface area contributed by atoms with Crippen LogP contribution < -0.4 is 14.8 Å². The van der Waals surface area contributed by atoms with Crippen LogP contribution in [0.3, 0.4) is 0 Å². The molecular formula is C14H19NO3. The van der Waals surface area contributed by atoms with Crippen molar-refractivity contribution in [2.75, 3.05) is 20.3 Å². The van der Waals surface area contributed by atoms with Crippen molar-refractivity contribution >= 4 is 5.91 Å². The molecule has 1 aliphatic heterocycles. The van der Waals surface area contributed by atoms with Gasteiger partial charge in [0.1, 0.15) is 11.5 Å². The Balaban J connectivity index is 1.93. The number of carbonyl (C=O) groups is 1. The molecule has 18 heavy (non-hydrogen) atoms. The van der Waals surface area contributed by atoms with E-state index in [1.807, 2.05) is 18.2 Å². The van der Waals surface area contributed by atoms with Gasteiger partial charge in [0.15, 0.2) is 0 Å². The predicted octanol–water partition coefficient (Wildman–Crippen LogP) is 1.77. The Bertz CT molecular complexity index is 431. The maximum Gasteiger partial charge on any atom is 0.216 e. The first-order valence-electron chi connectivity index (χ1n) is 6.23. The van der Waals surface area contributed by atoms with Gasteiger partial charge < -0.3 is 14.8 Å². The largest absolute Gasteiger partial charge is 0.497 e. The summed E-state index contributed by atoms with van der Waals surface area (Å²) in [6, 6.07) is 5.90. The molecule has 0 saturated heterocycles. The van der Waals surface area contributed by atoms with Crippen molar-refractivity contribution in [2.45, 2.75) is 19.8 Å². The summed E-state index contributed by atoms with van der Waals surface area (Å²) < 4.78 is 10.9. The van der Waals surface area contributed by atoms with Gasteiger partial charge in [0.25, 0.3) is 0 Å². The summed E-state index contributed by atoms with van der Waals surface area (Å²) in [6.07, 6.45) is 1.92. The Morgan fingerprint density at radius 1 is 1.56 bits per heavy atom. The van der Waals surface area contributed by atoms with Gasteiger partial charge in [-0.1, -0.05) is 0 Å². The number of fused-ring (bicyclic) bond motifs is 1. The van der Waals surface area contributed by atoms with Crippen molar-refractivity contribution in [3.8, 4) is 11.5 Å². The first-order chi connectivity index (χ1) is 8.69. The van der Waals surface area contributed by atoms with Crippen LogP contribution in [0, 0.1) is 5.92 Å². The highest BCUT2D eigenvalue weighted by Gasteiger charge is 2.20. The van der Waals surface area contributed by atoms with Crippen LogP contribution in [0.25, 0.3) is 0 Å². The fourth-order valence-corrected chi connectivity index (χ4v) is 2.20. The lowest BCUT2D eigenvalue weighted by Crippen LogP contribution is -2.27. The summed E-state index contributed by atoms with van der Waals surface area (Å²) in [7, 11) is 1.67. The molecule has 0 aliphatic carbocycles. The third-order valence-electron chi connectivity index (χ3n) is 3.18. The Morgan fingerprint density at radius 2 is 2.39 bits per heavy atom. The van der Waals surface area contributed by atoms with E-state index in [0.29, 0.717) is 12.5 Å². The summed E-state index contributed by atoms with van der Waals surface area (Å²) in [5, 5.41) is 2.82. The summed E-state index contributed by atoms with van der Waals surface area (Å²) in [4.78, 5) is 10.8. The fraction of sp³-hybridized carbons (Fsp3) is 0.500. The lowest BCUT2D eigenvalue weighted by Gasteiger charge is -2.25. The van der Waals surface area contributed by atoms with Crippen molar-refractivity contribution in [2.24, 2.45) is 5.92 Å². The Kier molecular flexibility index (Phi) is 4.07. The number of hydrogen-bond donors (Lipinski definition) is 1. The van der Waals surface area contributed by atoms with Crippen LogP contribution >= 0.6 is 0 Å². The molecule has 0 fully saturated rings. The SMILES string of the molecule is COc1ccc2c(c1)C[C@@H](CCNC(C)=O)CO2. The molecule has 1 amide bonds. The average Bonchev–Trinajstić information content (AvgIpc) is 2.37. The number of carbonyl (C=O) groups excluding carboxylic acids is 1. The van der Waals surface area contributed by atoms with Crippen LogP contribution in [0.4, 0.5) is 0 Å². The molecule has 0 spiro atoms. The predicted molar refractivity (Wildman–Crippen MR) is 69.0 cm³/mol. The van der Waals surface area contributed by atoms with Gasteiger partial charge in [-0.25, -0.2) is 0 Å². The molecular weight excluding hydrogens is 230 g/mol. The van der Waals surface area contributed by atoms with Gasteiger partial charge in [-0.3, -0.25) is 4.79 Å². The van der Waals surface area contributed by atoms with E-state index in [4.69, 9.17) is 9.47 Å². The maximum absolute atomic E-state index is 10.8. The zero-order valence-corrected chi connectivity index (χ0v) is 10.9. The van der Waals surface area contributed by atoms with Gasteiger partial charge in [0, 0.05) is 13.5 Å². The summed E-state index contributed by atoms with van der Waals surface area (Å²) >= 11 is 0. The van der Waals surface area contributed by atoms with Crippen LogP contribution in [0.1, 0.15) is 18.9 Å². The third-order valence-corrected chi connectivity index (χ3v) is 3.18. The second-order valence-electron chi connectivity index (χ2n) is 4.63.